The highest BCUT2D eigenvalue weighted by molar-refractivity contribution is 7.22. The Balaban J connectivity index is 1.48. The third kappa shape index (κ3) is 3.03. The molecule has 0 N–H and O–H groups in total. The summed E-state index contributed by atoms with van der Waals surface area (Å²) in [6.45, 7) is 4.51. The second kappa shape index (κ2) is 6.41. The summed E-state index contributed by atoms with van der Waals surface area (Å²) in [6, 6.07) is 2.00. The number of morpholine rings is 1. The van der Waals surface area contributed by atoms with E-state index in [1.807, 2.05) is 11.0 Å². The molecule has 2 aliphatic heterocycles. The van der Waals surface area contributed by atoms with Crippen LogP contribution in [-0.4, -0.2) is 60.2 Å². The van der Waals surface area contributed by atoms with Gasteiger partial charge in [0.15, 0.2) is 5.13 Å². The molecule has 0 spiro atoms. The van der Waals surface area contributed by atoms with E-state index in [-0.39, 0.29) is 11.8 Å². The van der Waals surface area contributed by atoms with Gasteiger partial charge in [-0.1, -0.05) is 11.3 Å². The number of nitrogens with zero attached hydrogens (tertiary/aromatic N) is 4. The molecule has 2 saturated heterocycles. The van der Waals surface area contributed by atoms with Gasteiger partial charge in [0, 0.05) is 32.4 Å². The van der Waals surface area contributed by atoms with Crippen LogP contribution in [0, 0.1) is 5.92 Å². The van der Waals surface area contributed by atoms with Crippen LogP contribution in [0.2, 0.25) is 0 Å². The number of rotatable bonds is 2. The van der Waals surface area contributed by atoms with Gasteiger partial charge in [-0.3, -0.25) is 9.78 Å². The molecule has 0 aliphatic carbocycles. The summed E-state index contributed by atoms with van der Waals surface area (Å²) >= 11 is 1.68. The third-order valence-electron chi connectivity index (χ3n) is 4.54. The summed E-state index contributed by atoms with van der Waals surface area (Å²) in [5, 5.41) is 1.01. The molecule has 0 bridgehead atoms. The van der Waals surface area contributed by atoms with E-state index in [4.69, 9.17) is 4.74 Å². The number of carbonyl (C=O) groups excluding carboxylic acids is 1. The van der Waals surface area contributed by atoms with E-state index in [1.54, 1.807) is 23.7 Å². The molecule has 0 aromatic carbocycles. The first-order valence-electron chi connectivity index (χ1n) is 8.13. The van der Waals surface area contributed by atoms with Gasteiger partial charge >= 0.3 is 0 Å². The van der Waals surface area contributed by atoms with Crippen LogP contribution in [0.1, 0.15) is 12.8 Å². The minimum atomic E-state index is 0.0759. The lowest BCUT2D eigenvalue weighted by molar-refractivity contribution is -0.139. The average Bonchev–Trinajstić information content (AvgIpc) is 3.06. The zero-order chi connectivity index (χ0) is 15.6. The number of anilines is 1. The molecule has 122 valence electrons. The molecular weight excluding hydrogens is 312 g/mol. The minimum Gasteiger partial charge on any atom is -0.378 e. The molecule has 0 radical (unpaired) electrons. The van der Waals surface area contributed by atoms with Crippen molar-refractivity contribution < 1.29 is 9.53 Å². The highest BCUT2D eigenvalue weighted by Gasteiger charge is 2.31. The summed E-state index contributed by atoms with van der Waals surface area (Å²) in [7, 11) is 0. The predicted octanol–water partition coefficient (Wildman–Crippen LogP) is 1.77. The number of aromatic nitrogens is 2. The van der Waals surface area contributed by atoms with E-state index in [0.29, 0.717) is 13.2 Å². The first kappa shape index (κ1) is 14.8. The Labute approximate surface area is 139 Å². The number of ether oxygens (including phenoxy) is 1. The molecule has 1 amide bonds. The van der Waals surface area contributed by atoms with Crippen LogP contribution in [0.5, 0.6) is 0 Å². The topological polar surface area (TPSA) is 58.6 Å². The maximum Gasteiger partial charge on any atom is 0.227 e. The molecule has 4 heterocycles. The lowest BCUT2D eigenvalue weighted by Gasteiger charge is -2.36. The van der Waals surface area contributed by atoms with Crippen molar-refractivity contribution in [3.63, 3.8) is 0 Å². The zero-order valence-electron chi connectivity index (χ0n) is 13.0. The van der Waals surface area contributed by atoms with Gasteiger partial charge < -0.3 is 14.5 Å². The van der Waals surface area contributed by atoms with E-state index in [0.717, 1.165) is 54.4 Å². The normalized spacial score (nSPS) is 22.5. The van der Waals surface area contributed by atoms with Crippen molar-refractivity contribution in [3.05, 3.63) is 18.5 Å². The van der Waals surface area contributed by atoms with Gasteiger partial charge in [-0.25, -0.2) is 4.98 Å². The largest absolute Gasteiger partial charge is 0.378 e. The van der Waals surface area contributed by atoms with Crippen molar-refractivity contribution in [3.8, 4) is 0 Å². The second-order valence-electron chi connectivity index (χ2n) is 6.06. The lowest BCUT2D eigenvalue weighted by Crippen LogP contribution is -2.48. The van der Waals surface area contributed by atoms with Crippen LogP contribution in [0.25, 0.3) is 10.2 Å². The molecule has 1 unspecified atom stereocenters. The predicted molar refractivity (Wildman–Crippen MR) is 89.8 cm³/mol. The molecule has 2 aliphatic rings. The first-order valence-corrected chi connectivity index (χ1v) is 8.95. The summed E-state index contributed by atoms with van der Waals surface area (Å²) < 4.78 is 6.49. The molecule has 2 fully saturated rings. The van der Waals surface area contributed by atoms with Crippen molar-refractivity contribution in [2.45, 2.75) is 12.8 Å². The number of carbonyl (C=O) groups is 1. The second-order valence-corrected chi connectivity index (χ2v) is 7.07. The van der Waals surface area contributed by atoms with E-state index >= 15 is 0 Å². The van der Waals surface area contributed by atoms with Crippen LogP contribution < -0.4 is 4.90 Å². The number of hydrogen-bond donors (Lipinski definition) is 0. The van der Waals surface area contributed by atoms with Crippen LogP contribution in [-0.2, 0) is 9.53 Å². The van der Waals surface area contributed by atoms with E-state index < -0.39 is 0 Å². The monoisotopic (exact) mass is 332 g/mol. The Morgan fingerprint density at radius 1 is 1.30 bits per heavy atom. The Bertz CT molecular complexity index is 665. The van der Waals surface area contributed by atoms with Crippen molar-refractivity contribution in [1.82, 2.24) is 14.9 Å². The fourth-order valence-electron chi connectivity index (χ4n) is 3.30. The number of amides is 1. The van der Waals surface area contributed by atoms with Crippen LogP contribution in [0.4, 0.5) is 5.13 Å². The fourth-order valence-corrected chi connectivity index (χ4v) is 4.26. The summed E-state index contributed by atoms with van der Waals surface area (Å²) in [5.41, 5.74) is 0.939. The van der Waals surface area contributed by atoms with Crippen LogP contribution in [0.3, 0.4) is 0 Å². The highest BCUT2D eigenvalue weighted by atomic mass is 32.1. The molecular formula is C16H20N4O2S. The maximum absolute atomic E-state index is 12.7. The number of hydrogen-bond acceptors (Lipinski definition) is 6. The van der Waals surface area contributed by atoms with Gasteiger partial charge in [-0.2, -0.15) is 0 Å². The van der Waals surface area contributed by atoms with Gasteiger partial charge in [-0.05, 0) is 18.9 Å². The Morgan fingerprint density at radius 2 is 2.17 bits per heavy atom. The van der Waals surface area contributed by atoms with Crippen molar-refractivity contribution in [2.75, 3.05) is 44.3 Å². The molecule has 2 aromatic heterocycles. The number of pyridine rings is 1. The van der Waals surface area contributed by atoms with Gasteiger partial charge in [0.05, 0.1) is 30.0 Å². The van der Waals surface area contributed by atoms with Crippen molar-refractivity contribution >= 4 is 32.6 Å². The fraction of sp³-hybridized carbons (Fsp3) is 0.562. The van der Waals surface area contributed by atoms with Gasteiger partial charge in [0.2, 0.25) is 5.91 Å². The third-order valence-corrected chi connectivity index (χ3v) is 5.64. The summed E-state index contributed by atoms with van der Waals surface area (Å²) in [6.07, 6.45) is 5.61. The van der Waals surface area contributed by atoms with Crippen molar-refractivity contribution in [1.29, 1.82) is 0 Å². The molecule has 6 nitrogen and oxygen atoms in total. The number of thiazole rings is 1. The van der Waals surface area contributed by atoms with Crippen molar-refractivity contribution in [2.24, 2.45) is 5.92 Å². The van der Waals surface area contributed by atoms with Gasteiger partial charge in [-0.15, -0.1) is 0 Å². The Hall–Kier alpha value is -1.73. The minimum absolute atomic E-state index is 0.0759. The molecule has 4 rings (SSSR count). The number of fused-ring (bicyclic) bond motifs is 1. The summed E-state index contributed by atoms with van der Waals surface area (Å²) in [4.78, 5) is 25.7. The molecule has 1 atom stereocenters. The standard InChI is InChI=1S/C16H20N4O2S/c21-15(19-6-8-22-9-7-19)12-2-1-5-20(11-12)16-18-13-10-17-4-3-14(13)23-16/h3-4,10,12H,1-2,5-9,11H2. The SMILES string of the molecule is O=C(C1CCCN(c2nc3cnccc3s2)C1)N1CCOCC1. The van der Waals surface area contributed by atoms with E-state index in [1.165, 1.54) is 0 Å². The van der Waals surface area contributed by atoms with E-state index in [2.05, 4.69) is 14.9 Å². The maximum atomic E-state index is 12.7. The van der Waals surface area contributed by atoms with Crippen LogP contribution in [0.15, 0.2) is 18.5 Å². The quantitative estimate of drug-likeness (QED) is 0.839. The van der Waals surface area contributed by atoms with Crippen LogP contribution >= 0.6 is 11.3 Å². The van der Waals surface area contributed by atoms with Gasteiger partial charge in [0.1, 0.15) is 5.52 Å². The lowest BCUT2D eigenvalue weighted by atomic mass is 9.96. The smallest absolute Gasteiger partial charge is 0.227 e. The Morgan fingerprint density at radius 3 is 3.00 bits per heavy atom. The molecule has 0 saturated carbocycles. The molecule has 7 heteroatoms. The zero-order valence-corrected chi connectivity index (χ0v) is 13.8. The summed E-state index contributed by atoms with van der Waals surface area (Å²) in [5.74, 6) is 0.354. The molecule has 23 heavy (non-hydrogen) atoms. The molecule has 2 aromatic rings. The first-order chi connectivity index (χ1) is 11.3. The average molecular weight is 332 g/mol. The Kier molecular flexibility index (Phi) is 4.13. The van der Waals surface area contributed by atoms with E-state index in [9.17, 15) is 4.79 Å². The number of piperidine rings is 1. The highest BCUT2D eigenvalue weighted by Crippen LogP contribution is 2.31. The van der Waals surface area contributed by atoms with Gasteiger partial charge in [0.25, 0.3) is 0 Å².